The SMILES string of the molecule is O[C@@]12O[C@@]34CCCC[C@H]3C[C@@]13CC[C@@H]2C[C@H]1CCCC[C@@]13O4. The molecule has 4 saturated carbocycles. The van der Waals surface area contributed by atoms with E-state index in [0.29, 0.717) is 17.8 Å². The average molecular weight is 304 g/mol. The smallest absolute Gasteiger partial charge is 0.180 e. The number of ether oxygens (including phenoxy) is 2. The zero-order valence-electron chi connectivity index (χ0n) is 13.5. The van der Waals surface area contributed by atoms with Crippen molar-refractivity contribution < 1.29 is 14.6 Å². The van der Waals surface area contributed by atoms with Crippen LogP contribution in [0.5, 0.6) is 0 Å². The molecule has 7 rings (SSSR count). The Labute approximate surface area is 132 Å². The highest BCUT2D eigenvalue weighted by molar-refractivity contribution is 5.27. The maximum Gasteiger partial charge on any atom is 0.180 e. The van der Waals surface area contributed by atoms with E-state index in [1.807, 2.05) is 0 Å². The molecule has 3 aliphatic heterocycles. The zero-order valence-corrected chi connectivity index (χ0v) is 13.5. The van der Waals surface area contributed by atoms with Gasteiger partial charge < -0.3 is 14.6 Å². The Morgan fingerprint density at radius 1 is 0.773 bits per heavy atom. The molecule has 1 N–H and O–H groups in total. The predicted molar refractivity (Wildman–Crippen MR) is 80.9 cm³/mol. The van der Waals surface area contributed by atoms with Gasteiger partial charge in [-0.15, -0.1) is 0 Å². The molecule has 3 heteroatoms. The van der Waals surface area contributed by atoms with Gasteiger partial charge in [-0.2, -0.15) is 0 Å². The predicted octanol–water partition coefficient (Wildman–Crippen LogP) is 3.74. The van der Waals surface area contributed by atoms with Crippen molar-refractivity contribution >= 4 is 0 Å². The standard InChI is InChI=1S/C19H28O3/c20-19-14-7-10-16(19)12-15-6-2-4-9-18(15,22-19)21-17(16)8-3-1-5-13(17)11-14/h13-15,20H,1-12H2/t13-,14-,15+,16-,17-,18+,19+/m1/s1. The van der Waals surface area contributed by atoms with Crippen molar-refractivity contribution in [2.24, 2.45) is 23.2 Å². The van der Waals surface area contributed by atoms with Crippen LogP contribution in [0.1, 0.15) is 77.0 Å². The topological polar surface area (TPSA) is 38.7 Å². The van der Waals surface area contributed by atoms with Crippen LogP contribution in [0.4, 0.5) is 0 Å². The lowest BCUT2D eigenvalue weighted by molar-refractivity contribution is -0.548. The van der Waals surface area contributed by atoms with E-state index in [1.54, 1.807) is 0 Å². The zero-order chi connectivity index (χ0) is 14.6. The van der Waals surface area contributed by atoms with Crippen LogP contribution in [0.25, 0.3) is 0 Å². The molecule has 0 aromatic rings. The fraction of sp³-hybridized carbons (Fsp3) is 1.00. The molecule has 5 bridgehead atoms. The molecule has 4 aliphatic carbocycles. The third kappa shape index (κ3) is 1.14. The highest BCUT2D eigenvalue weighted by Crippen LogP contribution is 2.78. The fourth-order valence-corrected chi connectivity index (χ4v) is 8.04. The van der Waals surface area contributed by atoms with E-state index in [0.717, 1.165) is 25.7 Å². The van der Waals surface area contributed by atoms with Crippen molar-refractivity contribution in [1.29, 1.82) is 0 Å². The first-order valence-corrected chi connectivity index (χ1v) is 9.77. The Hall–Kier alpha value is -0.120. The van der Waals surface area contributed by atoms with E-state index >= 15 is 0 Å². The lowest BCUT2D eigenvalue weighted by Gasteiger charge is -2.75. The lowest BCUT2D eigenvalue weighted by atomic mass is 9.46. The highest BCUT2D eigenvalue weighted by atomic mass is 16.8. The Balaban J connectivity index is 1.58. The second-order valence-corrected chi connectivity index (χ2v) is 9.24. The molecule has 22 heavy (non-hydrogen) atoms. The summed E-state index contributed by atoms with van der Waals surface area (Å²) in [6.45, 7) is 0. The molecule has 0 aromatic heterocycles. The average Bonchev–Trinajstić information content (AvgIpc) is 2.70. The minimum Gasteiger partial charge on any atom is -0.365 e. The van der Waals surface area contributed by atoms with E-state index in [1.165, 1.54) is 51.4 Å². The molecule has 3 saturated heterocycles. The molecule has 3 spiro atoms. The van der Waals surface area contributed by atoms with Crippen molar-refractivity contribution in [3.05, 3.63) is 0 Å². The quantitative estimate of drug-likeness (QED) is 0.741. The van der Waals surface area contributed by atoms with E-state index < -0.39 is 11.6 Å². The first-order chi connectivity index (χ1) is 10.6. The maximum absolute atomic E-state index is 11.7. The third-order valence-electron chi connectivity index (χ3n) is 8.78. The fourth-order valence-electron chi connectivity index (χ4n) is 8.04. The van der Waals surface area contributed by atoms with Crippen molar-refractivity contribution in [3.63, 3.8) is 0 Å². The molecule has 0 amide bonds. The molecule has 0 radical (unpaired) electrons. The van der Waals surface area contributed by atoms with Crippen LogP contribution in [-0.4, -0.2) is 22.3 Å². The Bertz CT molecular complexity index is 535. The van der Waals surface area contributed by atoms with Gasteiger partial charge in [0, 0.05) is 18.3 Å². The number of hydrogen-bond acceptors (Lipinski definition) is 3. The van der Waals surface area contributed by atoms with Crippen molar-refractivity contribution in [3.8, 4) is 0 Å². The van der Waals surface area contributed by atoms with Crippen LogP contribution in [0, 0.1) is 23.2 Å². The van der Waals surface area contributed by atoms with Crippen LogP contribution in [0.2, 0.25) is 0 Å². The first kappa shape index (κ1) is 13.2. The third-order valence-corrected chi connectivity index (χ3v) is 8.78. The summed E-state index contributed by atoms with van der Waals surface area (Å²) in [6.07, 6.45) is 14.5. The molecular weight excluding hydrogens is 276 g/mol. The van der Waals surface area contributed by atoms with Gasteiger partial charge in [-0.05, 0) is 57.3 Å². The van der Waals surface area contributed by atoms with Crippen LogP contribution in [0.15, 0.2) is 0 Å². The van der Waals surface area contributed by atoms with Crippen LogP contribution < -0.4 is 0 Å². The van der Waals surface area contributed by atoms with Gasteiger partial charge >= 0.3 is 0 Å². The first-order valence-electron chi connectivity index (χ1n) is 9.77. The Morgan fingerprint density at radius 2 is 1.59 bits per heavy atom. The molecular formula is C19H28O3. The van der Waals surface area contributed by atoms with E-state index in [9.17, 15) is 5.11 Å². The molecule has 7 aliphatic rings. The number of hydrogen-bond donors (Lipinski definition) is 1. The lowest BCUT2D eigenvalue weighted by Crippen LogP contribution is -2.82. The van der Waals surface area contributed by atoms with Gasteiger partial charge in [0.1, 0.15) is 0 Å². The van der Waals surface area contributed by atoms with Gasteiger partial charge in [0.05, 0.1) is 11.0 Å². The van der Waals surface area contributed by atoms with E-state index in [2.05, 4.69) is 0 Å². The second-order valence-electron chi connectivity index (χ2n) is 9.24. The molecule has 7 atom stereocenters. The van der Waals surface area contributed by atoms with E-state index in [4.69, 9.17) is 9.47 Å². The van der Waals surface area contributed by atoms with Crippen molar-refractivity contribution in [2.75, 3.05) is 0 Å². The van der Waals surface area contributed by atoms with Gasteiger partial charge in [0.25, 0.3) is 0 Å². The summed E-state index contributed by atoms with van der Waals surface area (Å²) in [5.74, 6) is 0.275. The Kier molecular flexibility index (Phi) is 2.25. The number of rotatable bonds is 0. The van der Waals surface area contributed by atoms with Gasteiger partial charge in [0.2, 0.25) is 0 Å². The maximum atomic E-state index is 11.7. The van der Waals surface area contributed by atoms with Crippen LogP contribution >= 0.6 is 0 Å². The largest absolute Gasteiger partial charge is 0.365 e. The van der Waals surface area contributed by atoms with Gasteiger partial charge in [-0.25, -0.2) is 0 Å². The molecule has 3 nitrogen and oxygen atoms in total. The molecule has 3 heterocycles. The van der Waals surface area contributed by atoms with Crippen molar-refractivity contribution in [1.82, 2.24) is 0 Å². The Morgan fingerprint density at radius 3 is 2.50 bits per heavy atom. The summed E-state index contributed by atoms with van der Waals surface area (Å²) < 4.78 is 13.6. The summed E-state index contributed by atoms with van der Waals surface area (Å²) in [5.41, 5.74) is -0.142. The minimum absolute atomic E-state index is 0.0565. The summed E-state index contributed by atoms with van der Waals surface area (Å²) in [4.78, 5) is 0. The summed E-state index contributed by atoms with van der Waals surface area (Å²) in [6, 6.07) is 0. The summed E-state index contributed by atoms with van der Waals surface area (Å²) >= 11 is 0. The summed E-state index contributed by atoms with van der Waals surface area (Å²) in [5, 5.41) is 11.7. The highest BCUT2D eigenvalue weighted by Gasteiger charge is 2.84. The molecule has 0 aromatic carbocycles. The molecule has 122 valence electrons. The second kappa shape index (κ2) is 3.75. The van der Waals surface area contributed by atoms with Crippen molar-refractivity contribution in [2.45, 2.75) is 94.2 Å². The normalized spacial score (nSPS) is 65.0. The number of aliphatic hydroxyl groups is 1. The molecule has 0 unspecified atom stereocenters. The molecule has 7 fully saturated rings. The van der Waals surface area contributed by atoms with Crippen LogP contribution in [0.3, 0.4) is 0 Å². The summed E-state index contributed by atoms with van der Waals surface area (Å²) in [7, 11) is 0. The van der Waals surface area contributed by atoms with E-state index in [-0.39, 0.29) is 11.0 Å². The van der Waals surface area contributed by atoms with Gasteiger partial charge in [-0.1, -0.05) is 19.3 Å². The minimum atomic E-state index is -0.868. The van der Waals surface area contributed by atoms with Crippen LogP contribution in [-0.2, 0) is 9.47 Å². The van der Waals surface area contributed by atoms with Gasteiger partial charge in [0.15, 0.2) is 11.6 Å². The monoisotopic (exact) mass is 304 g/mol. The van der Waals surface area contributed by atoms with Gasteiger partial charge in [-0.3, -0.25) is 0 Å².